The highest BCUT2D eigenvalue weighted by Crippen LogP contribution is 2.23. The molecule has 0 atom stereocenters. The van der Waals surface area contributed by atoms with Crippen LogP contribution in [0.25, 0.3) is 0 Å². The number of benzene rings is 1. The third-order valence-corrected chi connectivity index (χ3v) is 4.56. The lowest BCUT2D eigenvalue weighted by Crippen LogP contribution is -2.47. The van der Waals surface area contributed by atoms with Crippen molar-refractivity contribution in [2.24, 2.45) is 0 Å². The number of hydrogen-bond acceptors (Lipinski definition) is 5. The minimum atomic E-state index is -0.463. The van der Waals surface area contributed by atoms with Crippen molar-refractivity contribution >= 4 is 11.8 Å². The molecule has 24 heavy (non-hydrogen) atoms. The van der Waals surface area contributed by atoms with Crippen LogP contribution in [-0.2, 0) is 4.74 Å². The Hall–Kier alpha value is -2.33. The molecule has 0 saturated carbocycles. The highest BCUT2D eigenvalue weighted by atomic mass is 19.1. The van der Waals surface area contributed by atoms with Crippen molar-refractivity contribution in [3.8, 4) is 6.07 Å². The first-order chi connectivity index (χ1) is 11.7. The van der Waals surface area contributed by atoms with Crippen molar-refractivity contribution in [1.82, 2.24) is 9.80 Å². The molecule has 6 nitrogen and oxygen atoms in total. The molecule has 7 heteroatoms. The number of piperazine rings is 1. The summed E-state index contributed by atoms with van der Waals surface area (Å²) in [6, 6.07) is 6.73. The molecule has 128 valence electrons. The van der Waals surface area contributed by atoms with E-state index in [-0.39, 0.29) is 11.7 Å². The monoisotopic (exact) mass is 332 g/mol. The third-order valence-electron chi connectivity index (χ3n) is 4.56. The summed E-state index contributed by atoms with van der Waals surface area (Å²) in [5.74, 6) is -0.463. The number of amides is 1. The number of ether oxygens (including phenoxy) is 1. The molecule has 3 rings (SSSR count). The SMILES string of the molecule is N#Cc1c(F)cccc1N1CCN(CCCN2CCOC2=O)CC1. The van der Waals surface area contributed by atoms with Crippen LogP contribution < -0.4 is 4.90 Å². The summed E-state index contributed by atoms with van der Waals surface area (Å²) < 4.78 is 18.6. The van der Waals surface area contributed by atoms with Crippen molar-refractivity contribution in [2.75, 3.05) is 57.3 Å². The molecule has 2 aliphatic rings. The molecule has 1 amide bonds. The van der Waals surface area contributed by atoms with Gasteiger partial charge < -0.3 is 14.5 Å². The van der Waals surface area contributed by atoms with E-state index in [1.54, 1.807) is 17.0 Å². The molecule has 0 bridgehead atoms. The Labute approximate surface area is 141 Å². The summed E-state index contributed by atoms with van der Waals surface area (Å²) >= 11 is 0. The van der Waals surface area contributed by atoms with E-state index in [9.17, 15) is 9.18 Å². The molecule has 0 spiro atoms. The van der Waals surface area contributed by atoms with Crippen molar-refractivity contribution in [3.05, 3.63) is 29.6 Å². The maximum atomic E-state index is 13.7. The van der Waals surface area contributed by atoms with Crippen LogP contribution in [0.3, 0.4) is 0 Å². The fraction of sp³-hybridized carbons (Fsp3) is 0.529. The lowest BCUT2D eigenvalue weighted by Gasteiger charge is -2.36. The molecule has 2 heterocycles. The van der Waals surface area contributed by atoms with Crippen molar-refractivity contribution in [1.29, 1.82) is 5.26 Å². The minimum absolute atomic E-state index is 0.124. The van der Waals surface area contributed by atoms with Gasteiger partial charge in [0.25, 0.3) is 0 Å². The molecule has 0 unspecified atom stereocenters. The Morgan fingerprint density at radius 2 is 1.96 bits per heavy atom. The van der Waals surface area contributed by atoms with E-state index in [4.69, 9.17) is 10.00 Å². The average Bonchev–Trinajstić information content (AvgIpc) is 3.00. The van der Waals surface area contributed by atoms with Crippen LogP contribution in [0, 0.1) is 17.1 Å². The van der Waals surface area contributed by atoms with Gasteiger partial charge in [0, 0.05) is 32.7 Å². The first-order valence-corrected chi connectivity index (χ1v) is 8.26. The van der Waals surface area contributed by atoms with Gasteiger partial charge in [-0.1, -0.05) is 6.07 Å². The van der Waals surface area contributed by atoms with Crippen LogP contribution in [-0.4, -0.2) is 68.3 Å². The van der Waals surface area contributed by atoms with Crippen LogP contribution >= 0.6 is 0 Å². The number of carbonyl (C=O) groups is 1. The molecule has 0 radical (unpaired) electrons. The molecule has 1 aromatic carbocycles. The summed E-state index contributed by atoms with van der Waals surface area (Å²) in [4.78, 5) is 17.5. The molecular weight excluding hydrogens is 311 g/mol. The van der Waals surface area contributed by atoms with E-state index < -0.39 is 5.82 Å². The summed E-state index contributed by atoms with van der Waals surface area (Å²) in [7, 11) is 0. The quantitative estimate of drug-likeness (QED) is 0.821. The number of anilines is 1. The average molecular weight is 332 g/mol. The molecule has 2 saturated heterocycles. The van der Waals surface area contributed by atoms with E-state index in [1.807, 2.05) is 6.07 Å². The van der Waals surface area contributed by atoms with Crippen molar-refractivity contribution in [2.45, 2.75) is 6.42 Å². The molecule has 1 aromatic rings. The summed E-state index contributed by atoms with van der Waals surface area (Å²) in [5, 5.41) is 9.15. The van der Waals surface area contributed by atoms with Crippen LogP contribution in [0.4, 0.5) is 14.9 Å². The van der Waals surface area contributed by atoms with Gasteiger partial charge in [0.15, 0.2) is 0 Å². The number of hydrogen-bond donors (Lipinski definition) is 0. The van der Waals surface area contributed by atoms with E-state index in [1.165, 1.54) is 6.07 Å². The second-order valence-corrected chi connectivity index (χ2v) is 6.03. The number of halogens is 1. The standard InChI is InChI=1S/C17H21FN4O2/c18-15-3-1-4-16(14(15)13-19)21-9-7-20(8-10-21)5-2-6-22-11-12-24-17(22)23/h1,3-4H,2,5-12H2. The fourth-order valence-electron chi connectivity index (χ4n) is 3.21. The lowest BCUT2D eigenvalue weighted by molar-refractivity contribution is 0.156. The van der Waals surface area contributed by atoms with Gasteiger partial charge in [-0.05, 0) is 25.1 Å². The largest absolute Gasteiger partial charge is 0.448 e. The number of nitrogens with zero attached hydrogens (tertiary/aromatic N) is 4. The molecule has 0 aromatic heterocycles. The lowest BCUT2D eigenvalue weighted by atomic mass is 10.1. The maximum Gasteiger partial charge on any atom is 0.409 e. The van der Waals surface area contributed by atoms with Crippen LogP contribution in [0.15, 0.2) is 18.2 Å². The Kier molecular flexibility index (Phi) is 5.16. The van der Waals surface area contributed by atoms with Gasteiger partial charge in [0.2, 0.25) is 0 Å². The zero-order valence-corrected chi connectivity index (χ0v) is 13.6. The first kappa shape index (κ1) is 16.5. The van der Waals surface area contributed by atoms with Crippen LogP contribution in [0.5, 0.6) is 0 Å². The van der Waals surface area contributed by atoms with E-state index in [0.29, 0.717) is 18.8 Å². The number of nitriles is 1. The Bertz CT molecular complexity index is 638. The van der Waals surface area contributed by atoms with E-state index in [0.717, 1.165) is 45.7 Å². The Morgan fingerprint density at radius 1 is 1.17 bits per heavy atom. The zero-order chi connectivity index (χ0) is 16.9. The van der Waals surface area contributed by atoms with Gasteiger partial charge in [-0.15, -0.1) is 0 Å². The highest BCUT2D eigenvalue weighted by Gasteiger charge is 2.23. The van der Waals surface area contributed by atoms with Gasteiger partial charge in [0.1, 0.15) is 24.1 Å². The topological polar surface area (TPSA) is 59.8 Å². The summed E-state index contributed by atoms with van der Waals surface area (Å²) in [6.07, 6.45) is 0.702. The normalized spacial score (nSPS) is 18.6. The summed E-state index contributed by atoms with van der Waals surface area (Å²) in [6.45, 7) is 6.09. The van der Waals surface area contributed by atoms with E-state index >= 15 is 0 Å². The Balaban J connectivity index is 1.47. The van der Waals surface area contributed by atoms with Crippen molar-refractivity contribution < 1.29 is 13.9 Å². The van der Waals surface area contributed by atoms with Gasteiger partial charge in [-0.2, -0.15) is 5.26 Å². The minimum Gasteiger partial charge on any atom is -0.448 e. The number of cyclic esters (lactones) is 1. The second-order valence-electron chi connectivity index (χ2n) is 6.03. The molecule has 0 N–H and O–H groups in total. The predicted octanol–water partition coefficient (Wildman–Crippen LogP) is 1.66. The molecular formula is C17H21FN4O2. The van der Waals surface area contributed by atoms with Gasteiger partial charge >= 0.3 is 6.09 Å². The zero-order valence-electron chi connectivity index (χ0n) is 13.6. The van der Waals surface area contributed by atoms with Gasteiger partial charge in [-0.25, -0.2) is 9.18 Å². The number of carbonyl (C=O) groups excluding carboxylic acids is 1. The first-order valence-electron chi connectivity index (χ1n) is 8.26. The molecule has 2 fully saturated rings. The summed E-state index contributed by atoms with van der Waals surface area (Å²) in [5.41, 5.74) is 0.801. The molecule has 2 aliphatic heterocycles. The number of rotatable bonds is 5. The van der Waals surface area contributed by atoms with Crippen molar-refractivity contribution in [3.63, 3.8) is 0 Å². The Morgan fingerprint density at radius 3 is 2.62 bits per heavy atom. The molecule has 0 aliphatic carbocycles. The third kappa shape index (κ3) is 3.60. The fourth-order valence-corrected chi connectivity index (χ4v) is 3.21. The smallest absolute Gasteiger partial charge is 0.409 e. The van der Waals surface area contributed by atoms with E-state index in [2.05, 4.69) is 9.80 Å². The van der Waals surface area contributed by atoms with Crippen LogP contribution in [0.1, 0.15) is 12.0 Å². The second kappa shape index (κ2) is 7.49. The predicted molar refractivity (Wildman–Crippen MR) is 87.3 cm³/mol. The maximum absolute atomic E-state index is 13.7. The van der Waals surface area contributed by atoms with Crippen LogP contribution in [0.2, 0.25) is 0 Å². The van der Waals surface area contributed by atoms with Gasteiger partial charge in [-0.3, -0.25) is 4.90 Å². The highest BCUT2D eigenvalue weighted by molar-refractivity contribution is 5.69. The van der Waals surface area contributed by atoms with Gasteiger partial charge in [0.05, 0.1) is 12.2 Å².